The van der Waals surface area contributed by atoms with Crippen LogP contribution in [-0.4, -0.2) is 35.6 Å². The van der Waals surface area contributed by atoms with Gasteiger partial charge in [-0.3, -0.25) is 4.79 Å². The van der Waals surface area contributed by atoms with Crippen LogP contribution in [0.25, 0.3) is 0 Å². The van der Waals surface area contributed by atoms with Gasteiger partial charge in [0, 0.05) is 20.1 Å². The first kappa shape index (κ1) is 18.8. The van der Waals surface area contributed by atoms with E-state index in [1.54, 1.807) is 0 Å². The number of carboxylic acids is 1. The van der Waals surface area contributed by atoms with Crippen molar-refractivity contribution < 1.29 is 27.9 Å². The molecule has 0 fully saturated rings. The minimum absolute atomic E-state index is 0.0349. The number of nitrogens with zero attached hydrogens (tertiary/aromatic N) is 1. The number of amides is 2. The highest BCUT2D eigenvalue weighted by atomic mass is 19.4. The molecule has 1 unspecified atom stereocenters. The van der Waals surface area contributed by atoms with Crippen molar-refractivity contribution in [3.63, 3.8) is 0 Å². The van der Waals surface area contributed by atoms with Crippen LogP contribution in [0.3, 0.4) is 0 Å². The first-order valence-corrected chi connectivity index (χ1v) is 6.91. The zero-order chi connectivity index (χ0) is 17.8. The summed E-state index contributed by atoms with van der Waals surface area (Å²) in [6.45, 7) is 3.11. The summed E-state index contributed by atoms with van der Waals surface area (Å²) < 4.78 is 37.7. The molecule has 8 heteroatoms. The highest BCUT2D eigenvalue weighted by Gasteiger charge is 2.30. The molecule has 1 rings (SSSR count). The Balaban J connectivity index is 2.64. The Hall–Kier alpha value is -2.25. The van der Waals surface area contributed by atoms with Crippen LogP contribution in [-0.2, 0) is 17.5 Å². The van der Waals surface area contributed by atoms with Crippen LogP contribution in [0.5, 0.6) is 0 Å². The van der Waals surface area contributed by atoms with Crippen LogP contribution in [0, 0.1) is 12.8 Å². The molecule has 0 saturated carbocycles. The third-order valence-corrected chi connectivity index (χ3v) is 3.42. The van der Waals surface area contributed by atoms with E-state index in [0.717, 1.165) is 12.1 Å². The number of carboxylic acid groups (broad SMARTS) is 1. The van der Waals surface area contributed by atoms with Gasteiger partial charge < -0.3 is 15.3 Å². The fraction of sp³-hybridized carbons (Fsp3) is 0.467. The molecule has 0 aliphatic heterocycles. The molecule has 0 radical (unpaired) electrons. The smallest absolute Gasteiger partial charge is 0.416 e. The normalized spacial score (nSPS) is 12.6. The van der Waals surface area contributed by atoms with Crippen LogP contribution in [0.4, 0.5) is 18.0 Å². The first-order chi connectivity index (χ1) is 10.5. The zero-order valence-electron chi connectivity index (χ0n) is 13.1. The molecule has 5 nitrogen and oxygen atoms in total. The van der Waals surface area contributed by atoms with E-state index in [1.807, 2.05) is 0 Å². The second kappa shape index (κ2) is 7.34. The number of carbonyl (C=O) groups excluding carboxylic acids is 1. The Kier molecular flexibility index (Phi) is 6.00. The first-order valence-electron chi connectivity index (χ1n) is 6.91. The van der Waals surface area contributed by atoms with Gasteiger partial charge in [-0.25, -0.2) is 4.79 Å². The maximum Gasteiger partial charge on any atom is 0.416 e. The monoisotopic (exact) mass is 332 g/mol. The largest absolute Gasteiger partial charge is 0.481 e. The van der Waals surface area contributed by atoms with Crippen molar-refractivity contribution in [1.29, 1.82) is 0 Å². The molecule has 0 heterocycles. The average molecular weight is 332 g/mol. The minimum Gasteiger partial charge on any atom is -0.481 e. The van der Waals surface area contributed by atoms with Crippen LogP contribution in [0.1, 0.15) is 23.6 Å². The molecular weight excluding hydrogens is 313 g/mol. The van der Waals surface area contributed by atoms with Gasteiger partial charge in [-0.05, 0) is 30.2 Å². The van der Waals surface area contributed by atoms with Crippen LogP contribution < -0.4 is 5.32 Å². The summed E-state index contributed by atoms with van der Waals surface area (Å²) in [5.41, 5.74) is 0.241. The van der Waals surface area contributed by atoms with Gasteiger partial charge in [0.1, 0.15) is 0 Å². The maximum atomic E-state index is 12.6. The number of alkyl halides is 3. The highest BCUT2D eigenvalue weighted by molar-refractivity contribution is 5.75. The quantitative estimate of drug-likeness (QED) is 0.871. The molecule has 0 saturated heterocycles. The number of carbonyl (C=O) groups is 2. The summed E-state index contributed by atoms with van der Waals surface area (Å²) >= 11 is 0. The second-order valence-corrected chi connectivity index (χ2v) is 5.42. The summed E-state index contributed by atoms with van der Waals surface area (Å²) in [5.74, 6) is -1.72. The predicted octanol–water partition coefficient (Wildman–Crippen LogP) is 2.88. The molecule has 0 spiro atoms. The lowest BCUT2D eigenvalue weighted by atomic mass is 10.0. The fourth-order valence-electron chi connectivity index (χ4n) is 1.95. The molecule has 1 atom stereocenters. The van der Waals surface area contributed by atoms with Crippen molar-refractivity contribution in [2.75, 3.05) is 13.6 Å². The Labute approximate surface area is 132 Å². The Morgan fingerprint density at radius 1 is 1.35 bits per heavy atom. The van der Waals surface area contributed by atoms with Crippen molar-refractivity contribution in [2.45, 2.75) is 26.6 Å². The lowest BCUT2D eigenvalue weighted by Crippen LogP contribution is -2.40. The number of aryl methyl sites for hydroxylation is 1. The van der Waals surface area contributed by atoms with Crippen molar-refractivity contribution >= 4 is 12.0 Å². The molecular formula is C15H19F3N2O3. The Bertz CT molecular complexity index is 588. The lowest BCUT2D eigenvalue weighted by Gasteiger charge is -2.20. The molecule has 23 heavy (non-hydrogen) atoms. The van der Waals surface area contributed by atoms with Crippen molar-refractivity contribution in [3.05, 3.63) is 34.9 Å². The lowest BCUT2D eigenvalue weighted by molar-refractivity contribution is -0.141. The summed E-state index contributed by atoms with van der Waals surface area (Å²) in [7, 11) is 1.45. The number of benzene rings is 1. The molecule has 0 aliphatic carbocycles. The van der Waals surface area contributed by atoms with Gasteiger partial charge in [0.15, 0.2) is 0 Å². The number of hydrogen-bond acceptors (Lipinski definition) is 2. The van der Waals surface area contributed by atoms with Gasteiger partial charge in [0.05, 0.1) is 11.5 Å². The molecule has 0 aliphatic rings. The van der Waals surface area contributed by atoms with Crippen LogP contribution in [0.15, 0.2) is 18.2 Å². The van der Waals surface area contributed by atoms with E-state index in [0.29, 0.717) is 11.1 Å². The van der Waals surface area contributed by atoms with Gasteiger partial charge in [0.25, 0.3) is 0 Å². The van der Waals surface area contributed by atoms with Crippen LogP contribution in [0.2, 0.25) is 0 Å². The van der Waals surface area contributed by atoms with E-state index >= 15 is 0 Å². The van der Waals surface area contributed by atoms with E-state index in [4.69, 9.17) is 5.11 Å². The van der Waals surface area contributed by atoms with Gasteiger partial charge in [-0.1, -0.05) is 13.0 Å². The molecule has 0 bridgehead atoms. The fourth-order valence-corrected chi connectivity index (χ4v) is 1.95. The second-order valence-electron chi connectivity index (χ2n) is 5.42. The Morgan fingerprint density at radius 3 is 2.43 bits per heavy atom. The van der Waals surface area contributed by atoms with E-state index < -0.39 is 29.7 Å². The van der Waals surface area contributed by atoms with Crippen molar-refractivity contribution in [3.8, 4) is 0 Å². The minimum atomic E-state index is -4.40. The number of halogens is 3. The van der Waals surface area contributed by atoms with E-state index in [2.05, 4.69) is 5.32 Å². The molecule has 128 valence electrons. The summed E-state index contributed by atoms with van der Waals surface area (Å²) in [6, 6.07) is 2.82. The summed E-state index contributed by atoms with van der Waals surface area (Å²) in [4.78, 5) is 23.8. The van der Waals surface area contributed by atoms with E-state index in [9.17, 15) is 22.8 Å². The average Bonchev–Trinajstić information content (AvgIpc) is 2.44. The topological polar surface area (TPSA) is 69.6 Å². The maximum absolute atomic E-state index is 12.6. The van der Waals surface area contributed by atoms with Gasteiger partial charge in [-0.2, -0.15) is 13.2 Å². The third kappa shape index (κ3) is 5.46. The standard InChI is InChI=1S/C15H19F3N2O3/c1-9-6-12(15(16,17)18)5-4-11(9)7-19-14(23)20(3)8-10(2)13(21)22/h4-6,10H,7-8H2,1-3H3,(H,19,23)(H,21,22). The van der Waals surface area contributed by atoms with Gasteiger partial charge in [0.2, 0.25) is 0 Å². The number of hydrogen-bond donors (Lipinski definition) is 2. The molecule has 2 N–H and O–H groups in total. The van der Waals surface area contributed by atoms with Crippen LogP contribution >= 0.6 is 0 Å². The number of aliphatic carboxylic acids is 1. The van der Waals surface area contributed by atoms with Crippen molar-refractivity contribution in [1.82, 2.24) is 10.2 Å². The predicted molar refractivity (Wildman–Crippen MR) is 77.8 cm³/mol. The third-order valence-electron chi connectivity index (χ3n) is 3.42. The molecule has 1 aromatic rings. The number of rotatable bonds is 5. The molecule has 2 amide bonds. The van der Waals surface area contributed by atoms with Gasteiger partial charge in [-0.15, -0.1) is 0 Å². The van der Waals surface area contributed by atoms with E-state index in [-0.39, 0.29) is 13.1 Å². The number of urea groups is 1. The van der Waals surface area contributed by atoms with Gasteiger partial charge >= 0.3 is 18.2 Å². The molecule has 1 aromatic carbocycles. The molecule has 0 aromatic heterocycles. The summed E-state index contributed by atoms with van der Waals surface area (Å²) in [5, 5.41) is 11.4. The van der Waals surface area contributed by atoms with Crippen molar-refractivity contribution in [2.24, 2.45) is 5.92 Å². The Morgan fingerprint density at radius 2 is 1.96 bits per heavy atom. The highest BCUT2D eigenvalue weighted by Crippen LogP contribution is 2.30. The summed E-state index contributed by atoms with van der Waals surface area (Å²) in [6.07, 6.45) is -4.40. The SMILES string of the molecule is Cc1cc(C(F)(F)F)ccc1CNC(=O)N(C)CC(C)C(=O)O. The number of nitrogens with one attached hydrogen (secondary N) is 1. The van der Waals surface area contributed by atoms with E-state index in [1.165, 1.54) is 31.9 Å². The zero-order valence-corrected chi connectivity index (χ0v) is 13.1.